The molecule has 4 aliphatic rings. The molecule has 3 heterocycles. The molecule has 1 saturated carbocycles. The van der Waals surface area contributed by atoms with E-state index in [1.807, 2.05) is 0 Å². The Balaban J connectivity index is 1.45. The first-order valence-electron chi connectivity index (χ1n) is 9.47. The summed E-state index contributed by atoms with van der Waals surface area (Å²) in [6, 6.07) is -1.14. The van der Waals surface area contributed by atoms with Crippen LogP contribution in [0.3, 0.4) is 0 Å². The molecular formula is C16H27N7O4. The second kappa shape index (κ2) is 6.41. The molecule has 27 heavy (non-hydrogen) atoms. The molecule has 11 nitrogen and oxygen atoms in total. The van der Waals surface area contributed by atoms with Crippen LogP contribution in [-0.4, -0.2) is 75.9 Å². The van der Waals surface area contributed by atoms with Gasteiger partial charge in [-0.1, -0.05) is 19.3 Å². The summed E-state index contributed by atoms with van der Waals surface area (Å²) in [5.74, 6) is -2.20. The number of guanidine groups is 2. The van der Waals surface area contributed by atoms with E-state index in [0.29, 0.717) is 0 Å². The molecule has 3 aliphatic heterocycles. The van der Waals surface area contributed by atoms with E-state index in [1.165, 1.54) is 11.3 Å². The molecule has 1 amide bonds. The zero-order valence-corrected chi connectivity index (χ0v) is 15.0. The minimum atomic E-state index is -2.13. The van der Waals surface area contributed by atoms with Crippen LogP contribution in [0.2, 0.25) is 0 Å². The van der Waals surface area contributed by atoms with Crippen molar-refractivity contribution in [1.29, 1.82) is 10.8 Å². The Morgan fingerprint density at radius 1 is 1.26 bits per heavy atom. The maximum absolute atomic E-state index is 12.1. The fourth-order valence-electron chi connectivity index (χ4n) is 4.78. The number of nitrogens with zero attached hydrogens (tertiary/aromatic N) is 1. The van der Waals surface area contributed by atoms with Crippen molar-refractivity contribution in [1.82, 2.24) is 26.2 Å². The lowest BCUT2D eigenvalue weighted by Crippen LogP contribution is -2.80. The van der Waals surface area contributed by atoms with E-state index >= 15 is 0 Å². The lowest BCUT2D eigenvalue weighted by Gasteiger charge is -2.51. The smallest absolute Gasteiger partial charge is 0.407 e. The molecule has 0 unspecified atom stereocenters. The maximum atomic E-state index is 12.1. The number of hydrogen-bond donors (Lipinski definition) is 8. The first-order chi connectivity index (χ1) is 12.8. The van der Waals surface area contributed by atoms with Gasteiger partial charge in [-0.05, 0) is 12.8 Å². The van der Waals surface area contributed by atoms with Crippen molar-refractivity contribution in [2.45, 2.75) is 68.1 Å². The highest BCUT2D eigenvalue weighted by molar-refractivity contribution is 5.87. The third kappa shape index (κ3) is 2.85. The summed E-state index contributed by atoms with van der Waals surface area (Å²) in [4.78, 5) is 13.6. The summed E-state index contributed by atoms with van der Waals surface area (Å²) < 4.78 is 5.36. The summed E-state index contributed by atoms with van der Waals surface area (Å²) in [6.45, 7) is 0.187. The van der Waals surface area contributed by atoms with Gasteiger partial charge in [-0.25, -0.2) is 4.79 Å². The third-order valence-electron chi connectivity index (χ3n) is 6.10. The second-order valence-electron chi connectivity index (χ2n) is 7.78. The molecule has 8 N–H and O–H groups in total. The molecule has 1 aliphatic carbocycles. The van der Waals surface area contributed by atoms with Crippen LogP contribution in [0.25, 0.3) is 0 Å². The summed E-state index contributed by atoms with van der Waals surface area (Å²) in [5, 5.41) is 48.8. The van der Waals surface area contributed by atoms with Gasteiger partial charge < -0.3 is 41.1 Å². The number of rotatable bonds is 3. The highest BCUT2D eigenvalue weighted by atomic mass is 16.5. The van der Waals surface area contributed by atoms with Crippen LogP contribution in [0.5, 0.6) is 0 Å². The number of alkyl carbamates (subject to hydrolysis) is 1. The van der Waals surface area contributed by atoms with Crippen molar-refractivity contribution in [3.05, 3.63) is 0 Å². The summed E-state index contributed by atoms with van der Waals surface area (Å²) in [7, 11) is 0. The van der Waals surface area contributed by atoms with E-state index in [9.17, 15) is 15.0 Å². The molecule has 0 bridgehead atoms. The Morgan fingerprint density at radius 3 is 2.74 bits per heavy atom. The number of nitrogens with one attached hydrogen (secondary N) is 6. The fraction of sp³-hybridized carbons (Fsp3) is 0.812. The highest BCUT2D eigenvalue weighted by Gasteiger charge is 2.70. The average Bonchev–Trinajstić information content (AvgIpc) is 3.11. The molecule has 0 radical (unpaired) electrons. The van der Waals surface area contributed by atoms with Crippen LogP contribution in [0, 0.1) is 10.8 Å². The Morgan fingerprint density at radius 2 is 2.00 bits per heavy atom. The van der Waals surface area contributed by atoms with Crippen molar-refractivity contribution < 1.29 is 19.7 Å². The molecule has 3 saturated heterocycles. The fourth-order valence-corrected chi connectivity index (χ4v) is 4.78. The van der Waals surface area contributed by atoms with Crippen LogP contribution in [0.15, 0.2) is 0 Å². The number of carbonyl (C=O) groups excluding carboxylic acids is 1. The van der Waals surface area contributed by atoms with E-state index in [1.54, 1.807) is 0 Å². The van der Waals surface area contributed by atoms with Gasteiger partial charge in [0, 0.05) is 19.0 Å². The lowest BCUT2D eigenvalue weighted by atomic mass is 9.86. The van der Waals surface area contributed by atoms with E-state index < -0.39 is 29.6 Å². The Kier molecular flexibility index (Phi) is 4.30. The lowest BCUT2D eigenvalue weighted by molar-refractivity contribution is -0.223. The van der Waals surface area contributed by atoms with Gasteiger partial charge in [0.15, 0.2) is 17.6 Å². The van der Waals surface area contributed by atoms with Crippen molar-refractivity contribution in [3.8, 4) is 0 Å². The molecule has 1 spiro atoms. The van der Waals surface area contributed by atoms with Gasteiger partial charge in [-0.2, -0.15) is 0 Å². The van der Waals surface area contributed by atoms with E-state index in [2.05, 4.69) is 21.3 Å². The van der Waals surface area contributed by atoms with Crippen molar-refractivity contribution in [2.75, 3.05) is 13.2 Å². The Hall–Kier alpha value is -2.27. The largest absolute Gasteiger partial charge is 0.447 e. The highest BCUT2D eigenvalue weighted by Crippen LogP contribution is 2.42. The molecule has 4 fully saturated rings. The van der Waals surface area contributed by atoms with Crippen molar-refractivity contribution >= 4 is 18.0 Å². The first-order valence-corrected chi connectivity index (χ1v) is 9.47. The number of hydrogen-bond acceptors (Lipinski definition) is 6. The van der Waals surface area contributed by atoms with Crippen LogP contribution >= 0.6 is 0 Å². The maximum Gasteiger partial charge on any atom is 0.407 e. The average molecular weight is 381 g/mol. The van der Waals surface area contributed by atoms with Crippen molar-refractivity contribution in [3.63, 3.8) is 0 Å². The number of carbonyl (C=O) groups is 1. The van der Waals surface area contributed by atoms with Gasteiger partial charge in [0.25, 0.3) is 0 Å². The van der Waals surface area contributed by atoms with Crippen LogP contribution in [0.4, 0.5) is 4.79 Å². The number of ether oxygens (including phenoxy) is 1. The van der Waals surface area contributed by atoms with Gasteiger partial charge in [0.05, 0.1) is 12.1 Å². The normalized spacial score (nSPS) is 34.8. The Labute approximate surface area is 156 Å². The molecule has 0 aromatic carbocycles. The summed E-state index contributed by atoms with van der Waals surface area (Å²) >= 11 is 0. The van der Waals surface area contributed by atoms with Gasteiger partial charge in [0.2, 0.25) is 5.79 Å². The van der Waals surface area contributed by atoms with Gasteiger partial charge >= 0.3 is 6.09 Å². The van der Waals surface area contributed by atoms with Crippen LogP contribution in [-0.2, 0) is 4.74 Å². The van der Waals surface area contributed by atoms with E-state index in [4.69, 9.17) is 15.6 Å². The van der Waals surface area contributed by atoms with Crippen LogP contribution < -0.4 is 21.3 Å². The van der Waals surface area contributed by atoms with Crippen molar-refractivity contribution in [2.24, 2.45) is 0 Å². The molecular weight excluding hydrogens is 354 g/mol. The van der Waals surface area contributed by atoms with E-state index in [-0.39, 0.29) is 37.5 Å². The quantitative estimate of drug-likeness (QED) is 0.274. The molecule has 3 atom stereocenters. The standard InChI is InChI=1S/C16H27N7O4/c17-12-21-11-10(8-27-14(24)19-9-4-2-1-3-5-9)20-13(18)23-7-6-15(25,26)16(11,23)22-12/h9-11,25-26H,1-8H2,(H2,18,20)(H,19,24)(H3,17,21,22)/t10-,11-,16-/m0/s1. The predicted octanol–water partition coefficient (Wildman–Crippen LogP) is -1.47. The third-order valence-corrected chi connectivity index (χ3v) is 6.10. The zero-order chi connectivity index (χ0) is 19.2. The minimum absolute atomic E-state index is 0.00140. The second-order valence-corrected chi connectivity index (χ2v) is 7.78. The Bertz CT molecular complexity index is 651. The minimum Gasteiger partial charge on any atom is -0.447 e. The molecule has 150 valence electrons. The van der Waals surface area contributed by atoms with Gasteiger partial charge in [-0.15, -0.1) is 0 Å². The topological polar surface area (TPSA) is 166 Å². The van der Waals surface area contributed by atoms with Gasteiger partial charge in [-0.3, -0.25) is 10.8 Å². The molecule has 11 heteroatoms. The zero-order valence-electron chi connectivity index (χ0n) is 15.0. The molecule has 0 aromatic rings. The molecule has 4 rings (SSSR count). The van der Waals surface area contributed by atoms with E-state index in [0.717, 1.165) is 25.7 Å². The SMILES string of the molecule is N=C1N[C@H]2[C@H](COC(=O)NC3CCCCC3)NC(=N)N3CCC(O)(O)[C@]23N1. The summed E-state index contributed by atoms with van der Waals surface area (Å²) in [6.07, 6.45) is 4.80. The number of amides is 1. The molecule has 0 aromatic heterocycles. The van der Waals surface area contributed by atoms with Crippen LogP contribution in [0.1, 0.15) is 38.5 Å². The number of aliphatic hydroxyl groups is 2. The van der Waals surface area contributed by atoms with Gasteiger partial charge in [0.1, 0.15) is 6.61 Å². The predicted molar refractivity (Wildman–Crippen MR) is 95.0 cm³/mol. The first kappa shape index (κ1) is 18.1. The monoisotopic (exact) mass is 381 g/mol. The summed E-state index contributed by atoms with van der Waals surface area (Å²) in [5.41, 5.74) is -1.44.